The molecule has 160 valence electrons. The van der Waals surface area contributed by atoms with E-state index >= 15 is 0 Å². The number of rotatable bonds is 3. The Bertz CT molecular complexity index is 1240. The van der Waals surface area contributed by atoms with Crippen LogP contribution in [0.3, 0.4) is 0 Å². The van der Waals surface area contributed by atoms with E-state index in [0.29, 0.717) is 19.9 Å². The molecule has 3 aromatic rings. The number of benzene rings is 2. The van der Waals surface area contributed by atoms with Crippen molar-refractivity contribution in [3.63, 3.8) is 0 Å². The molecule has 0 radical (unpaired) electrons. The lowest BCUT2D eigenvalue weighted by Gasteiger charge is -2.21. The van der Waals surface area contributed by atoms with Crippen LogP contribution in [-0.4, -0.2) is 27.8 Å². The highest BCUT2D eigenvalue weighted by Crippen LogP contribution is 2.44. The predicted octanol–water partition coefficient (Wildman–Crippen LogP) is 5.24. The molecule has 1 aliphatic rings. The third-order valence-electron chi connectivity index (χ3n) is 4.85. The number of carbonyl (C=O) groups is 2. The summed E-state index contributed by atoms with van der Waals surface area (Å²) in [6.07, 6.45) is -4.96. The molecule has 1 aliphatic heterocycles. The number of imide groups is 1. The van der Waals surface area contributed by atoms with Crippen LogP contribution in [0.25, 0.3) is 5.69 Å². The van der Waals surface area contributed by atoms with Gasteiger partial charge in [-0.2, -0.15) is 27.1 Å². The lowest BCUT2D eigenvalue weighted by atomic mass is 10.1. The zero-order valence-electron chi connectivity index (χ0n) is 15.5. The van der Waals surface area contributed by atoms with Gasteiger partial charge in [-0.1, -0.05) is 6.07 Å². The van der Waals surface area contributed by atoms with Gasteiger partial charge in [0, 0.05) is 9.77 Å². The van der Waals surface area contributed by atoms with Crippen LogP contribution in [0, 0.1) is 10.5 Å². The molecule has 0 spiro atoms. The summed E-state index contributed by atoms with van der Waals surface area (Å²) in [5.74, 6) is -6.20. The van der Waals surface area contributed by atoms with Gasteiger partial charge in [0.15, 0.2) is 0 Å². The molecule has 2 heterocycles. The van der Waals surface area contributed by atoms with Crippen LogP contribution in [0.5, 0.6) is 0 Å². The van der Waals surface area contributed by atoms with Crippen LogP contribution in [0.2, 0.25) is 0 Å². The van der Waals surface area contributed by atoms with Crippen molar-refractivity contribution in [1.82, 2.24) is 9.78 Å². The third-order valence-corrected chi connectivity index (χ3v) is 5.75. The molecular weight excluding hydrogens is 536 g/mol. The first-order valence-corrected chi connectivity index (χ1v) is 9.80. The Morgan fingerprint density at radius 1 is 0.968 bits per heavy atom. The van der Waals surface area contributed by atoms with Gasteiger partial charge < -0.3 is 0 Å². The standard InChI is InChI=1S/C20H11F5IN3O2/c1-10-9-11(29-15(7-8-27-29)19(21,22)20(23,24)25)5-6-14(10)28-17(30)12-3-2-4-13(26)16(12)18(28)31/h2-9H,1H3. The van der Waals surface area contributed by atoms with E-state index < -0.39 is 29.6 Å². The maximum atomic E-state index is 13.9. The largest absolute Gasteiger partial charge is 0.459 e. The summed E-state index contributed by atoms with van der Waals surface area (Å²) >= 11 is 1.94. The number of nitrogens with zero attached hydrogens (tertiary/aromatic N) is 3. The molecule has 0 aliphatic carbocycles. The Balaban J connectivity index is 1.76. The molecule has 2 amide bonds. The van der Waals surface area contributed by atoms with E-state index in [4.69, 9.17) is 0 Å². The smallest absolute Gasteiger partial charge is 0.268 e. The monoisotopic (exact) mass is 547 g/mol. The number of hydrogen-bond acceptors (Lipinski definition) is 3. The molecule has 31 heavy (non-hydrogen) atoms. The van der Waals surface area contributed by atoms with E-state index in [0.717, 1.165) is 11.1 Å². The van der Waals surface area contributed by atoms with E-state index in [9.17, 15) is 31.5 Å². The highest BCUT2D eigenvalue weighted by atomic mass is 127. The maximum absolute atomic E-state index is 13.9. The van der Waals surface area contributed by atoms with E-state index in [1.54, 1.807) is 12.1 Å². The summed E-state index contributed by atoms with van der Waals surface area (Å²) in [6, 6.07) is 9.26. The quantitative estimate of drug-likeness (QED) is 0.256. The van der Waals surface area contributed by atoms with Crippen LogP contribution in [0.4, 0.5) is 27.6 Å². The molecule has 2 aromatic carbocycles. The lowest BCUT2D eigenvalue weighted by molar-refractivity contribution is -0.291. The van der Waals surface area contributed by atoms with Crippen LogP contribution < -0.4 is 4.90 Å². The third kappa shape index (κ3) is 3.22. The molecule has 0 bridgehead atoms. The number of aromatic nitrogens is 2. The Kier molecular flexibility index (Phi) is 4.91. The van der Waals surface area contributed by atoms with Gasteiger partial charge in [-0.05, 0) is 71.5 Å². The van der Waals surface area contributed by atoms with Crippen LogP contribution in [-0.2, 0) is 5.92 Å². The zero-order valence-corrected chi connectivity index (χ0v) is 17.7. The molecule has 0 atom stereocenters. The molecule has 4 rings (SSSR count). The second-order valence-electron chi connectivity index (χ2n) is 6.78. The highest BCUT2D eigenvalue weighted by molar-refractivity contribution is 14.1. The van der Waals surface area contributed by atoms with Crippen molar-refractivity contribution in [3.05, 3.63) is 74.6 Å². The number of anilines is 1. The summed E-state index contributed by atoms with van der Waals surface area (Å²) < 4.78 is 67.3. The normalized spacial score (nSPS) is 14.4. The molecular formula is C20H11F5IN3O2. The second kappa shape index (κ2) is 7.11. The number of fused-ring (bicyclic) bond motifs is 1. The SMILES string of the molecule is Cc1cc(-n2nccc2C(F)(F)C(F)(F)F)ccc1N1C(=O)c2cccc(I)c2C1=O. The average Bonchev–Trinajstić information content (AvgIpc) is 3.26. The fraction of sp³-hybridized carbons (Fsp3) is 0.150. The molecule has 0 unspecified atom stereocenters. The topological polar surface area (TPSA) is 55.2 Å². The Labute approximate surface area is 185 Å². The Morgan fingerprint density at radius 2 is 1.68 bits per heavy atom. The minimum Gasteiger partial charge on any atom is -0.268 e. The van der Waals surface area contributed by atoms with Gasteiger partial charge in [0.1, 0.15) is 5.69 Å². The molecule has 1 aromatic heterocycles. The van der Waals surface area contributed by atoms with Crippen molar-refractivity contribution in [2.24, 2.45) is 0 Å². The fourth-order valence-corrected chi connectivity index (χ4v) is 4.11. The molecule has 0 saturated carbocycles. The Hall–Kier alpha value is -2.83. The predicted molar refractivity (Wildman–Crippen MR) is 109 cm³/mol. The van der Waals surface area contributed by atoms with Gasteiger partial charge >= 0.3 is 12.1 Å². The summed E-state index contributed by atoms with van der Waals surface area (Å²) in [7, 11) is 0. The minimum absolute atomic E-state index is 0.0728. The average molecular weight is 547 g/mol. The molecule has 0 fully saturated rings. The van der Waals surface area contributed by atoms with Crippen molar-refractivity contribution in [1.29, 1.82) is 0 Å². The molecule has 0 saturated heterocycles. The number of hydrogen-bond donors (Lipinski definition) is 0. The van der Waals surface area contributed by atoms with Gasteiger partial charge in [0.2, 0.25) is 0 Å². The van der Waals surface area contributed by atoms with Gasteiger partial charge in [0.05, 0.1) is 22.5 Å². The molecule has 0 N–H and O–H groups in total. The first kappa shape index (κ1) is 21.4. The summed E-state index contributed by atoms with van der Waals surface area (Å²) in [5.41, 5.74) is -0.407. The van der Waals surface area contributed by atoms with Gasteiger partial charge in [-0.25, -0.2) is 9.58 Å². The summed E-state index contributed by atoms with van der Waals surface area (Å²) in [4.78, 5) is 26.6. The van der Waals surface area contributed by atoms with E-state index in [2.05, 4.69) is 5.10 Å². The van der Waals surface area contributed by atoms with E-state index in [-0.39, 0.29) is 22.5 Å². The summed E-state index contributed by atoms with van der Waals surface area (Å²) in [5, 5.41) is 3.60. The van der Waals surface area contributed by atoms with Crippen molar-refractivity contribution in [2.75, 3.05) is 4.90 Å². The van der Waals surface area contributed by atoms with Crippen molar-refractivity contribution < 1.29 is 31.5 Å². The first-order chi connectivity index (χ1) is 14.4. The Morgan fingerprint density at radius 3 is 2.29 bits per heavy atom. The number of amides is 2. The maximum Gasteiger partial charge on any atom is 0.459 e. The minimum atomic E-state index is -5.79. The molecule has 11 heteroatoms. The number of alkyl halides is 5. The van der Waals surface area contributed by atoms with Crippen molar-refractivity contribution in [3.8, 4) is 5.69 Å². The van der Waals surface area contributed by atoms with Crippen LogP contribution in [0.1, 0.15) is 32.0 Å². The second-order valence-corrected chi connectivity index (χ2v) is 7.94. The van der Waals surface area contributed by atoms with Gasteiger partial charge in [-0.15, -0.1) is 0 Å². The fourth-order valence-electron chi connectivity index (χ4n) is 3.38. The first-order valence-electron chi connectivity index (χ1n) is 8.72. The van der Waals surface area contributed by atoms with Crippen molar-refractivity contribution in [2.45, 2.75) is 19.0 Å². The van der Waals surface area contributed by atoms with Crippen LogP contribution in [0.15, 0.2) is 48.7 Å². The number of halogens is 6. The van der Waals surface area contributed by atoms with E-state index in [1.807, 2.05) is 22.6 Å². The van der Waals surface area contributed by atoms with E-state index in [1.165, 1.54) is 31.2 Å². The van der Waals surface area contributed by atoms with Crippen molar-refractivity contribution >= 4 is 40.1 Å². The number of carbonyl (C=O) groups excluding carboxylic acids is 2. The lowest BCUT2D eigenvalue weighted by Crippen LogP contribution is -2.35. The van der Waals surface area contributed by atoms with Crippen LogP contribution >= 0.6 is 22.6 Å². The zero-order chi connectivity index (χ0) is 22.7. The summed E-state index contributed by atoms with van der Waals surface area (Å²) in [6.45, 7) is 1.51. The van der Waals surface area contributed by atoms with Gasteiger partial charge in [0.25, 0.3) is 11.8 Å². The van der Waals surface area contributed by atoms with Gasteiger partial charge in [-0.3, -0.25) is 9.59 Å². The number of aryl methyl sites for hydroxylation is 1. The highest BCUT2D eigenvalue weighted by Gasteiger charge is 2.60. The molecule has 5 nitrogen and oxygen atoms in total.